The van der Waals surface area contributed by atoms with Gasteiger partial charge in [-0.15, -0.1) is 0 Å². The molecule has 1 spiro atoms. The maximum Gasteiger partial charge on any atom is 0.133 e. The van der Waals surface area contributed by atoms with E-state index in [1.807, 2.05) is 0 Å². The number of ketones is 1. The summed E-state index contributed by atoms with van der Waals surface area (Å²) in [5.74, 6) is 1.79. The number of rotatable bonds is 0. The predicted molar refractivity (Wildman–Crippen MR) is 53.5 cm³/mol. The van der Waals surface area contributed by atoms with Crippen molar-refractivity contribution < 1.29 is 4.79 Å². The van der Waals surface area contributed by atoms with Gasteiger partial charge in [0.1, 0.15) is 5.78 Å². The van der Waals surface area contributed by atoms with Crippen LogP contribution in [0.5, 0.6) is 0 Å². The van der Waals surface area contributed by atoms with Gasteiger partial charge in [0.25, 0.3) is 0 Å². The first kappa shape index (κ1) is 9.23. The highest BCUT2D eigenvalue weighted by Crippen LogP contribution is 2.54. The highest BCUT2D eigenvalue weighted by atomic mass is 16.1. The lowest BCUT2D eigenvalue weighted by Crippen LogP contribution is -2.39. The van der Waals surface area contributed by atoms with E-state index in [-0.39, 0.29) is 0 Å². The van der Waals surface area contributed by atoms with Crippen LogP contribution < -0.4 is 0 Å². The molecule has 2 saturated carbocycles. The number of carbonyl (C=O) groups is 1. The molecule has 13 heavy (non-hydrogen) atoms. The fraction of sp³-hybridized carbons (Fsp3) is 0.917. The molecule has 2 rings (SSSR count). The molecule has 0 aromatic rings. The van der Waals surface area contributed by atoms with Crippen LogP contribution >= 0.6 is 0 Å². The van der Waals surface area contributed by atoms with Gasteiger partial charge in [-0.3, -0.25) is 4.79 Å². The SMILES string of the molecule is CC1CC(=O)CC(C)C12CCCC2. The molecular formula is C12H20O. The Hall–Kier alpha value is -0.330. The number of carbonyl (C=O) groups excluding carboxylic acids is 1. The minimum Gasteiger partial charge on any atom is -0.300 e. The molecule has 0 aromatic heterocycles. The maximum absolute atomic E-state index is 11.4. The van der Waals surface area contributed by atoms with Gasteiger partial charge in [0.2, 0.25) is 0 Å². The van der Waals surface area contributed by atoms with E-state index >= 15 is 0 Å². The van der Waals surface area contributed by atoms with E-state index < -0.39 is 0 Å². The van der Waals surface area contributed by atoms with Crippen molar-refractivity contribution in [3.05, 3.63) is 0 Å². The monoisotopic (exact) mass is 180 g/mol. The van der Waals surface area contributed by atoms with E-state index in [0.29, 0.717) is 23.0 Å². The first-order valence-corrected chi connectivity index (χ1v) is 5.67. The molecule has 1 nitrogen and oxygen atoms in total. The predicted octanol–water partition coefficient (Wildman–Crippen LogP) is 3.18. The van der Waals surface area contributed by atoms with Gasteiger partial charge >= 0.3 is 0 Å². The molecule has 0 N–H and O–H groups in total. The van der Waals surface area contributed by atoms with E-state index in [1.54, 1.807) is 0 Å². The van der Waals surface area contributed by atoms with E-state index in [0.717, 1.165) is 12.8 Å². The van der Waals surface area contributed by atoms with E-state index in [1.165, 1.54) is 25.7 Å². The molecule has 0 amide bonds. The molecule has 2 aliphatic rings. The molecule has 74 valence electrons. The second-order valence-electron chi connectivity index (χ2n) is 5.19. The van der Waals surface area contributed by atoms with Crippen LogP contribution in [0.2, 0.25) is 0 Å². The average Bonchev–Trinajstić information content (AvgIpc) is 2.50. The van der Waals surface area contributed by atoms with Gasteiger partial charge in [0.15, 0.2) is 0 Å². The van der Waals surface area contributed by atoms with Gasteiger partial charge in [-0.05, 0) is 30.1 Å². The number of Topliss-reactive ketones (excluding diaryl/α,β-unsaturated/α-hetero) is 1. The molecule has 0 radical (unpaired) electrons. The van der Waals surface area contributed by atoms with Gasteiger partial charge in [-0.2, -0.15) is 0 Å². The van der Waals surface area contributed by atoms with Crippen LogP contribution in [-0.4, -0.2) is 5.78 Å². The van der Waals surface area contributed by atoms with Gasteiger partial charge in [-0.25, -0.2) is 0 Å². The quantitative estimate of drug-likeness (QED) is 0.559. The van der Waals surface area contributed by atoms with Crippen LogP contribution in [0.25, 0.3) is 0 Å². The Morgan fingerprint density at radius 3 is 2.00 bits per heavy atom. The summed E-state index contributed by atoms with van der Waals surface area (Å²) in [5.41, 5.74) is 0.550. The Morgan fingerprint density at radius 2 is 1.54 bits per heavy atom. The van der Waals surface area contributed by atoms with Crippen molar-refractivity contribution in [3.63, 3.8) is 0 Å². The summed E-state index contributed by atoms with van der Waals surface area (Å²) in [4.78, 5) is 11.4. The number of hydrogen-bond donors (Lipinski definition) is 0. The molecule has 0 bridgehead atoms. The average molecular weight is 180 g/mol. The molecule has 0 saturated heterocycles. The molecule has 2 aliphatic carbocycles. The van der Waals surface area contributed by atoms with Crippen molar-refractivity contribution in [3.8, 4) is 0 Å². The molecule has 2 fully saturated rings. The molecule has 0 heterocycles. The largest absolute Gasteiger partial charge is 0.300 e. The molecule has 1 heteroatoms. The van der Waals surface area contributed by atoms with Crippen molar-refractivity contribution >= 4 is 5.78 Å². The fourth-order valence-electron chi connectivity index (χ4n) is 3.68. The molecule has 0 aromatic carbocycles. The molecule has 0 aliphatic heterocycles. The van der Waals surface area contributed by atoms with Crippen LogP contribution in [0.15, 0.2) is 0 Å². The normalized spacial score (nSPS) is 38.5. The van der Waals surface area contributed by atoms with Crippen LogP contribution in [-0.2, 0) is 4.79 Å². The Bertz CT molecular complexity index is 197. The standard InChI is InChI=1S/C12H20O/c1-9-7-11(13)8-10(2)12(9)5-3-4-6-12/h9-10H,3-8H2,1-2H3. The molecule has 2 unspecified atom stereocenters. The van der Waals surface area contributed by atoms with Gasteiger partial charge in [-0.1, -0.05) is 26.7 Å². The van der Waals surface area contributed by atoms with Gasteiger partial charge < -0.3 is 0 Å². The summed E-state index contributed by atoms with van der Waals surface area (Å²) in [6, 6.07) is 0. The fourth-order valence-corrected chi connectivity index (χ4v) is 3.68. The highest BCUT2D eigenvalue weighted by molar-refractivity contribution is 5.80. The zero-order valence-corrected chi connectivity index (χ0v) is 8.81. The smallest absolute Gasteiger partial charge is 0.133 e. The Kier molecular flexibility index (Phi) is 2.21. The minimum atomic E-state index is 0.498. The third kappa shape index (κ3) is 1.33. The zero-order chi connectivity index (χ0) is 9.47. The molecular weight excluding hydrogens is 160 g/mol. The van der Waals surface area contributed by atoms with Crippen molar-refractivity contribution in [2.45, 2.75) is 52.4 Å². The third-order valence-electron chi connectivity index (χ3n) is 4.57. The summed E-state index contributed by atoms with van der Waals surface area (Å²) in [6.07, 6.45) is 7.24. The number of hydrogen-bond acceptors (Lipinski definition) is 1. The Labute approximate surface area is 80.9 Å². The molecule has 2 atom stereocenters. The summed E-state index contributed by atoms with van der Waals surface area (Å²) in [6.45, 7) is 4.58. The van der Waals surface area contributed by atoms with Crippen LogP contribution in [0.3, 0.4) is 0 Å². The second kappa shape index (κ2) is 3.11. The summed E-state index contributed by atoms with van der Waals surface area (Å²) in [7, 11) is 0. The van der Waals surface area contributed by atoms with Crippen molar-refractivity contribution in [1.29, 1.82) is 0 Å². The zero-order valence-electron chi connectivity index (χ0n) is 8.81. The lowest BCUT2D eigenvalue weighted by Gasteiger charge is -2.44. The summed E-state index contributed by atoms with van der Waals surface area (Å²) in [5, 5.41) is 0. The first-order valence-electron chi connectivity index (χ1n) is 5.67. The third-order valence-corrected chi connectivity index (χ3v) is 4.57. The van der Waals surface area contributed by atoms with E-state index in [2.05, 4.69) is 13.8 Å². The maximum atomic E-state index is 11.4. The summed E-state index contributed by atoms with van der Waals surface area (Å²) < 4.78 is 0. The Balaban J connectivity index is 2.20. The van der Waals surface area contributed by atoms with E-state index in [4.69, 9.17) is 0 Å². The van der Waals surface area contributed by atoms with Crippen LogP contribution in [0.4, 0.5) is 0 Å². The van der Waals surface area contributed by atoms with Crippen molar-refractivity contribution in [2.75, 3.05) is 0 Å². The summed E-state index contributed by atoms with van der Waals surface area (Å²) >= 11 is 0. The lowest BCUT2D eigenvalue weighted by molar-refractivity contribution is -0.127. The minimum absolute atomic E-state index is 0.498. The van der Waals surface area contributed by atoms with Crippen molar-refractivity contribution in [1.82, 2.24) is 0 Å². The van der Waals surface area contributed by atoms with E-state index in [9.17, 15) is 4.79 Å². The second-order valence-corrected chi connectivity index (χ2v) is 5.19. The van der Waals surface area contributed by atoms with Gasteiger partial charge in [0.05, 0.1) is 0 Å². The van der Waals surface area contributed by atoms with Crippen LogP contribution in [0, 0.1) is 17.3 Å². The first-order chi connectivity index (χ1) is 6.15. The van der Waals surface area contributed by atoms with Crippen molar-refractivity contribution in [2.24, 2.45) is 17.3 Å². The highest BCUT2D eigenvalue weighted by Gasteiger charge is 2.47. The topological polar surface area (TPSA) is 17.1 Å². The Morgan fingerprint density at radius 1 is 1.08 bits per heavy atom. The van der Waals surface area contributed by atoms with Crippen LogP contribution in [0.1, 0.15) is 52.4 Å². The lowest BCUT2D eigenvalue weighted by atomic mass is 9.60. The van der Waals surface area contributed by atoms with Gasteiger partial charge in [0, 0.05) is 12.8 Å².